The van der Waals surface area contributed by atoms with Gasteiger partial charge >= 0.3 is 0 Å². The topological polar surface area (TPSA) is 81.2 Å². The van der Waals surface area contributed by atoms with Crippen LogP contribution in [0.1, 0.15) is 29.4 Å². The summed E-state index contributed by atoms with van der Waals surface area (Å²) in [6.07, 6.45) is 0.581. The summed E-state index contributed by atoms with van der Waals surface area (Å²) < 4.78 is 0. The van der Waals surface area contributed by atoms with Crippen molar-refractivity contribution in [1.29, 1.82) is 0 Å². The Hall–Kier alpha value is -2.18. The maximum Gasteiger partial charge on any atom is 0.238 e. The molecular weight excluding hydrogens is 292 g/mol. The zero-order valence-corrected chi connectivity index (χ0v) is 13.8. The lowest BCUT2D eigenvalue weighted by molar-refractivity contribution is -0.117. The Morgan fingerprint density at radius 1 is 1.35 bits per heavy atom. The predicted molar refractivity (Wildman–Crippen MR) is 90.2 cm³/mol. The number of aryl methyl sites for hydroxylation is 2. The largest absolute Gasteiger partial charge is 0.396 e. The Morgan fingerprint density at radius 3 is 2.61 bits per heavy atom. The van der Waals surface area contributed by atoms with E-state index in [-0.39, 0.29) is 25.1 Å². The molecule has 0 aliphatic heterocycles. The van der Waals surface area contributed by atoms with Crippen molar-refractivity contribution in [2.75, 3.05) is 25.5 Å². The Labute approximate surface area is 136 Å². The molecule has 23 heavy (non-hydrogen) atoms. The first kappa shape index (κ1) is 17.2. The summed E-state index contributed by atoms with van der Waals surface area (Å²) in [4.78, 5) is 14.3. The van der Waals surface area contributed by atoms with E-state index in [1.807, 2.05) is 56.1 Å². The normalized spacial score (nSPS) is 12.4. The number of carbonyl (C=O) groups excluding carboxylic acids is 1. The standard InChI is InChI=1S/C17H24N4O2/c1-12-17(13(2)20-19-12)18-16(23)11-21(3)15(9-10-22)14-7-5-4-6-8-14/h4-8,15,22H,9-11H2,1-3H3,(H,18,23)(H,19,20)/t15-/m1/s1. The van der Waals surface area contributed by atoms with Crippen LogP contribution in [-0.4, -0.2) is 46.3 Å². The monoisotopic (exact) mass is 316 g/mol. The summed E-state index contributed by atoms with van der Waals surface area (Å²) >= 11 is 0. The molecule has 0 spiro atoms. The van der Waals surface area contributed by atoms with Crippen LogP contribution in [0.15, 0.2) is 30.3 Å². The van der Waals surface area contributed by atoms with Crippen molar-refractivity contribution in [1.82, 2.24) is 15.1 Å². The summed E-state index contributed by atoms with van der Waals surface area (Å²) in [7, 11) is 1.89. The molecule has 6 nitrogen and oxygen atoms in total. The summed E-state index contributed by atoms with van der Waals surface area (Å²) in [5, 5.41) is 19.1. The highest BCUT2D eigenvalue weighted by Crippen LogP contribution is 2.23. The number of carbonyl (C=O) groups is 1. The number of aliphatic hydroxyl groups excluding tert-OH is 1. The molecule has 3 N–H and O–H groups in total. The van der Waals surface area contributed by atoms with Crippen LogP contribution < -0.4 is 5.32 Å². The van der Waals surface area contributed by atoms with Gasteiger partial charge in [-0.2, -0.15) is 5.10 Å². The van der Waals surface area contributed by atoms with Crippen molar-refractivity contribution in [3.63, 3.8) is 0 Å². The molecule has 0 fully saturated rings. The molecule has 2 aromatic rings. The molecule has 0 radical (unpaired) electrons. The Morgan fingerprint density at radius 2 is 2.04 bits per heavy atom. The highest BCUT2D eigenvalue weighted by Gasteiger charge is 2.19. The van der Waals surface area contributed by atoms with Crippen LogP contribution in [0, 0.1) is 13.8 Å². The summed E-state index contributed by atoms with van der Waals surface area (Å²) in [5.41, 5.74) is 3.44. The number of benzene rings is 1. The minimum Gasteiger partial charge on any atom is -0.396 e. The number of nitrogens with one attached hydrogen (secondary N) is 2. The van der Waals surface area contributed by atoms with Crippen molar-refractivity contribution in [3.05, 3.63) is 47.3 Å². The molecule has 0 aliphatic rings. The predicted octanol–water partition coefficient (Wildman–Crippen LogP) is 2.02. The molecule has 1 aromatic carbocycles. The fraction of sp³-hybridized carbons (Fsp3) is 0.412. The van der Waals surface area contributed by atoms with Crippen molar-refractivity contribution in [3.8, 4) is 0 Å². The first-order valence-corrected chi connectivity index (χ1v) is 7.70. The molecular formula is C17H24N4O2. The number of rotatable bonds is 7. The molecule has 1 atom stereocenters. The van der Waals surface area contributed by atoms with Gasteiger partial charge in [-0.1, -0.05) is 30.3 Å². The Kier molecular flexibility index (Phi) is 5.90. The zero-order valence-electron chi connectivity index (χ0n) is 13.8. The highest BCUT2D eigenvalue weighted by molar-refractivity contribution is 5.93. The maximum atomic E-state index is 12.3. The molecule has 1 amide bonds. The van der Waals surface area contributed by atoms with E-state index in [1.54, 1.807) is 0 Å². The fourth-order valence-corrected chi connectivity index (χ4v) is 2.69. The average molecular weight is 316 g/mol. The average Bonchev–Trinajstić information content (AvgIpc) is 2.85. The van der Waals surface area contributed by atoms with Crippen LogP contribution in [0.5, 0.6) is 0 Å². The molecule has 124 valence electrons. The number of hydrogen-bond donors (Lipinski definition) is 3. The van der Waals surface area contributed by atoms with Crippen LogP contribution in [0.3, 0.4) is 0 Å². The second-order valence-electron chi connectivity index (χ2n) is 5.71. The van der Waals surface area contributed by atoms with E-state index in [4.69, 9.17) is 0 Å². The van der Waals surface area contributed by atoms with Crippen LogP contribution in [-0.2, 0) is 4.79 Å². The third-order valence-electron chi connectivity index (χ3n) is 3.90. The number of amides is 1. The minimum atomic E-state index is -0.0982. The second kappa shape index (κ2) is 7.89. The number of aromatic amines is 1. The summed E-state index contributed by atoms with van der Waals surface area (Å²) in [5.74, 6) is -0.0982. The van der Waals surface area contributed by atoms with Gasteiger partial charge in [-0.05, 0) is 32.9 Å². The van der Waals surface area contributed by atoms with E-state index in [1.165, 1.54) is 0 Å². The van der Waals surface area contributed by atoms with E-state index >= 15 is 0 Å². The van der Waals surface area contributed by atoms with Gasteiger partial charge in [0.1, 0.15) is 0 Å². The van der Waals surface area contributed by atoms with E-state index in [0.717, 1.165) is 22.6 Å². The molecule has 2 rings (SSSR count). The van der Waals surface area contributed by atoms with Gasteiger partial charge in [-0.25, -0.2) is 0 Å². The van der Waals surface area contributed by atoms with Crippen LogP contribution in [0.2, 0.25) is 0 Å². The lowest BCUT2D eigenvalue weighted by Gasteiger charge is -2.27. The molecule has 0 saturated carbocycles. The number of hydrogen-bond acceptors (Lipinski definition) is 4. The van der Waals surface area contributed by atoms with Gasteiger partial charge in [0.15, 0.2) is 0 Å². The van der Waals surface area contributed by atoms with Gasteiger partial charge in [0, 0.05) is 12.6 Å². The SMILES string of the molecule is Cc1n[nH]c(C)c1NC(=O)CN(C)[C@H](CCO)c1ccccc1. The van der Waals surface area contributed by atoms with Crippen LogP contribution in [0.4, 0.5) is 5.69 Å². The fourth-order valence-electron chi connectivity index (χ4n) is 2.69. The quantitative estimate of drug-likeness (QED) is 0.730. The number of nitrogens with zero attached hydrogens (tertiary/aromatic N) is 2. The third-order valence-corrected chi connectivity index (χ3v) is 3.90. The van der Waals surface area contributed by atoms with E-state index in [9.17, 15) is 9.90 Å². The summed E-state index contributed by atoms with van der Waals surface area (Å²) in [6.45, 7) is 4.04. The molecule has 0 aliphatic carbocycles. The number of H-pyrrole nitrogens is 1. The Balaban J connectivity index is 2.03. The number of aliphatic hydroxyl groups is 1. The van der Waals surface area contributed by atoms with Crippen molar-refractivity contribution >= 4 is 11.6 Å². The van der Waals surface area contributed by atoms with Gasteiger partial charge in [-0.15, -0.1) is 0 Å². The van der Waals surface area contributed by atoms with Crippen LogP contribution >= 0.6 is 0 Å². The number of anilines is 1. The van der Waals surface area contributed by atoms with Gasteiger partial charge in [0.25, 0.3) is 0 Å². The molecule has 0 unspecified atom stereocenters. The van der Waals surface area contributed by atoms with Gasteiger partial charge in [0.2, 0.25) is 5.91 Å². The first-order chi connectivity index (χ1) is 11.0. The van der Waals surface area contributed by atoms with E-state index < -0.39 is 0 Å². The third kappa shape index (κ3) is 4.40. The minimum absolute atomic E-state index is 0.00139. The summed E-state index contributed by atoms with van der Waals surface area (Å²) in [6, 6.07) is 9.91. The Bertz CT molecular complexity index is 620. The molecule has 6 heteroatoms. The maximum absolute atomic E-state index is 12.3. The van der Waals surface area contributed by atoms with Gasteiger partial charge < -0.3 is 10.4 Å². The van der Waals surface area contributed by atoms with Crippen molar-refractivity contribution < 1.29 is 9.90 Å². The molecule has 1 aromatic heterocycles. The number of aromatic nitrogens is 2. The lowest BCUT2D eigenvalue weighted by atomic mass is 10.0. The van der Waals surface area contributed by atoms with Crippen molar-refractivity contribution in [2.24, 2.45) is 0 Å². The highest BCUT2D eigenvalue weighted by atomic mass is 16.3. The molecule has 0 bridgehead atoms. The van der Waals surface area contributed by atoms with E-state index in [2.05, 4.69) is 15.5 Å². The number of likely N-dealkylation sites (N-methyl/N-ethyl adjacent to an activating group) is 1. The molecule has 1 heterocycles. The van der Waals surface area contributed by atoms with Gasteiger partial charge in [0.05, 0.1) is 23.6 Å². The molecule has 0 saturated heterocycles. The first-order valence-electron chi connectivity index (χ1n) is 7.70. The van der Waals surface area contributed by atoms with Crippen LogP contribution in [0.25, 0.3) is 0 Å². The van der Waals surface area contributed by atoms with Crippen molar-refractivity contribution in [2.45, 2.75) is 26.3 Å². The van der Waals surface area contributed by atoms with E-state index in [0.29, 0.717) is 6.42 Å². The lowest BCUT2D eigenvalue weighted by Crippen LogP contribution is -2.34. The smallest absolute Gasteiger partial charge is 0.238 e. The zero-order chi connectivity index (χ0) is 16.8. The second-order valence-corrected chi connectivity index (χ2v) is 5.71. The van der Waals surface area contributed by atoms with Gasteiger partial charge in [-0.3, -0.25) is 14.8 Å².